The van der Waals surface area contributed by atoms with Crippen molar-refractivity contribution in [3.05, 3.63) is 108 Å². The van der Waals surface area contributed by atoms with Gasteiger partial charge in [0.25, 0.3) is 5.91 Å². The molecule has 0 fully saturated rings. The third-order valence-electron chi connectivity index (χ3n) is 9.10. The molecule has 6 rings (SSSR count). The van der Waals surface area contributed by atoms with Gasteiger partial charge in [0.15, 0.2) is 17.1 Å². The van der Waals surface area contributed by atoms with Crippen LogP contribution in [0.5, 0.6) is 11.5 Å². The van der Waals surface area contributed by atoms with E-state index in [-0.39, 0.29) is 13.3 Å². The molecular weight excluding hydrogens is 676 g/mol. The molecule has 0 saturated carbocycles. The number of amides is 1. The maximum atomic E-state index is 14.6. The lowest BCUT2D eigenvalue weighted by molar-refractivity contribution is -0.168. The largest absolute Gasteiger partial charge is 0.469 e. The number of allylic oxidation sites excluding steroid dienone is 1. The first kappa shape index (κ1) is 36.8. The van der Waals surface area contributed by atoms with Crippen molar-refractivity contribution in [3.8, 4) is 11.5 Å². The number of fused-ring (bicyclic) bond motifs is 3. The molecular formula is C42H42N2O9. The highest BCUT2D eigenvalue weighted by atomic mass is 16.7. The molecule has 0 bridgehead atoms. The van der Waals surface area contributed by atoms with Crippen molar-refractivity contribution in [1.82, 2.24) is 9.88 Å². The first-order valence-corrected chi connectivity index (χ1v) is 17.4. The number of benzene rings is 4. The Hall–Kier alpha value is -5.97. The molecule has 0 radical (unpaired) electrons. The van der Waals surface area contributed by atoms with Crippen LogP contribution in [-0.2, 0) is 35.2 Å². The van der Waals surface area contributed by atoms with Gasteiger partial charge in [0, 0.05) is 18.5 Å². The second-order valence-electron chi connectivity index (χ2n) is 14.0. The summed E-state index contributed by atoms with van der Waals surface area (Å²) >= 11 is 0. The highest BCUT2D eigenvalue weighted by Crippen LogP contribution is 2.38. The van der Waals surface area contributed by atoms with E-state index in [1.807, 2.05) is 97.9 Å². The van der Waals surface area contributed by atoms with E-state index in [2.05, 4.69) is 4.98 Å². The Morgan fingerprint density at radius 3 is 2.40 bits per heavy atom. The van der Waals surface area contributed by atoms with E-state index in [0.717, 1.165) is 34.5 Å². The van der Waals surface area contributed by atoms with E-state index in [4.69, 9.17) is 23.4 Å². The summed E-state index contributed by atoms with van der Waals surface area (Å²) in [5.41, 5.74) is 2.00. The standard InChI is InChI=1S/C42H42N2O9/c1-26(31(30-19-20-35-36(22-30)51-25-50-35)13-10-16-37-43-33-14-8-9-15-34(33)52-37)44(24-27-17-18-28-11-6-7-12-29(28)21-27)40(47)39(46)32(23-38(45)49-5)41(48)53-42(2,3)4/h6-12,14-22,26,31-32H,13,23-25H2,1-5H3/t26-,31+,32?/m1/s1. The van der Waals surface area contributed by atoms with Crippen LogP contribution in [0.1, 0.15) is 63.5 Å². The molecule has 4 aromatic carbocycles. The molecule has 5 aromatic rings. The first-order valence-electron chi connectivity index (χ1n) is 17.4. The fourth-order valence-corrected chi connectivity index (χ4v) is 6.38. The highest BCUT2D eigenvalue weighted by Gasteiger charge is 2.41. The van der Waals surface area contributed by atoms with Crippen molar-refractivity contribution in [1.29, 1.82) is 0 Å². The Balaban J connectivity index is 1.39. The summed E-state index contributed by atoms with van der Waals surface area (Å²) in [4.78, 5) is 60.6. The van der Waals surface area contributed by atoms with Crippen molar-refractivity contribution >= 4 is 51.6 Å². The second-order valence-corrected chi connectivity index (χ2v) is 14.0. The fourth-order valence-electron chi connectivity index (χ4n) is 6.38. The summed E-state index contributed by atoms with van der Waals surface area (Å²) in [7, 11) is 1.15. The molecule has 2 heterocycles. The predicted molar refractivity (Wildman–Crippen MR) is 198 cm³/mol. The number of methoxy groups -OCH3 is 1. The number of ether oxygens (including phenoxy) is 4. The number of para-hydroxylation sites is 2. The quantitative estimate of drug-likeness (QED) is 0.0689. The Morgan fingerprint density at radius 2 is 1.64 bits per heavy atom. The van der Waals surface area contributed by atoms with Crippen LogP contribution in [0.3, 0.4) is 0 Å². The minimum atomic E-state index is -1.71. The van der Waals surface area contributed by atoms with Crippen LogP contribution in [-0.4, -0.2) is 59.1 Å². The number of carbonyl (C=O) groups is 4. The Bertz CT molecular complexity index is 2150. The van der Waals surface area contributed by atoms with Crippen LogP contribution >= 0.6 is 0 Å². The molecule has 274 valence electrons. The first-order chi connectivity index (χ1) is 25.4. The van der Waals surface area contributed by atoms with E-state index < -0.39 is 53.5 Å². The Labute approximate surface area is 307 Å². The van der Waals surface area contributed by atoms with Crippen LogP contribution in [0.4, 0.5) is 0 Å². The van der Waals surface area contributed by atoms with Crippen molar-refractivity contribution in [2.75, 3.05) is 13.9 Å². The van der Waals surface area contributed by atoms with Crippen LogP contribution in [0, 0.1) is 5.92 Å². The molecule has 1 aliphatic rings. The molecule has 0 spiro atoms. The highest BCUT2D eigenvalue weighted by molar-refractivity contribution is 6.40. The van der Waals surface area contributed by atoms with Gasteiger partial charge in [-0.2, -0.15) is 0 Å². The Kier molecular flexibility index (Phi) is 10.9. The van der Waals surface area contributed by atoms with Gasteiger partial charge >= 0.3 is 11.9 Å². The van der Waals surface area contributed by atoms with Crippen LogP contribution in [0.2, 0.25) is 0 Å². The van der Waals surface area contributed by atoms with Gasteiger partial charge in [0.1, 0.15) is 17.0 Å². The van der Waals surface area contributed by atoms with Gasteiger partial charge < -0.3 is 28.3 Å². The molecule has 11 heteroatoms. The zero-order valence-corrected chi connectivity index (χ0v) is 30.4. The number of esters is 2. The smallest absolute Gasteiger partial charge is 0.318 e. The van der Waals surface area contributed by atoms with E-state index in [1.165, 1.54) is 4.90 Å². The number of hydrogen-bond donors (Lipinski definition) is 0. The lowest BCUT2D eigenvalue weighted by atomic mass is 9.87. The number of aromatic nitrogens is 1. The SMILES string of the molecule is COC(=O)CC(C(=O)OC(C)(C)C)C(=O)C(=O)N(Cc1ccc2ccccc2c1)[C@H](C)[C@H](CC=Cc1nc2ccccc2o1)c1ccc2c(c1)OCO2. The van der Waals surface area contributed by atoms with E-state index in [9.17, 15) is 19.2 Å². The molecule has 1 aliphatic heterocycles. The van der Waals surface area contributed by atoms with Crippen LogP contribution in [0.25, 0.3) is 27.9 Å². The molecule has 0 N–H and O–H groups in total. The maximum absolute atomic E-state index is 14.6. The number of oxazole rings is 1. The molecule has 1 amide bonds. The van der Waals surface area contributed by atoms with Gasteiger partial charge in [0.05, 0.1) is 13.5 Å². The molecule has 11 nitrogen and oxygen atoms in total. The summed E-state index contributed by atoms with van der Waals surface area (Å²) in [6.45, 7) is 6.91. The van der Waals surface area contributed by atoms with Crippen molar-refractivity contribution in [2.45, 2.75) is 64.6 Å². The number of nitrogens with zero attached hydrogens (tertiary/aromatic N) is 2. The minimum Gasteiger partial charge on any atom is -0.469 e. The van der Waals surface area contributed by atoms with Gasteiger partial charge in [-0.15, -0.1) is 0 Å². The molecule has 1 aromatic heterocycles. The number of ketones is 1. The average Bonchev–Trinajstić information content (AvgIpc) is 3.79. The number of Topliss-reactive ketones (excluding diaryl/α,β-unsaturated/α-hetero) is 1. The zero-order chi connectivity index (χ0) is 37.7. The molecule has 0 aliphatic carbocycles. The summed E-state index contributed by atoms with van der Waals surface area (Å²) < 4.78 is 27.5. The van der Waals surface area contributed by atoms with E-state index in [1.54, 1.807) is 26.8 Å². The van der Waals surface area contributed by atoms with Gasteiger partial charge in [0.2, 0.25) is 18.5 Å². The Morgan fingerprint density at radius 1 is 0.906 bits per heavy atom. The van der Waals surface area contributed by atoms with Gasteiger partial charge in [-0.25, -0.2) is 4.98 Å². The van der Waals surface area contributed by atoms with Crippen LogP contribution in [0.15, 0.2) is 95.4 Å². The summed E-state index contributed by atoms with van der Waals surface area (Å²) in [6, 6.07) is 26.1. The van der Waals surface area contributed by atoms with Crippen molar-refractivity contribution in [3.63, 3.8) is 0 Å². The topological polar surface area (TPSA) is 134 Å². The lowest BCUT2D eigenvalue weighted by Gasteiger charge is -2.35. The monoisotopic (exact) mass is 718 g/mol. The molecule has 0 saturated heterocycles. The fraction of sp³-hybridized carbons (Fsp3) is 0.310. The molecule has 53 heavy (non-hydrogen) atoms. The average molecular weight is 719 g/mol. The van der Waals surface area contributed by atoms with E-state index >= 15 is 0 Å². The van der Waals surface area contributed by atoms with Crippen LogP contribution < -0.4 is 9.47 Å². The summed E-state index contributed by atoms with van der Waals surface area (Å²) in [6.07, 6.45) is 3.44. The van der Waals surface area contributed by atoms with Gasteiger partial charge in [-0.05, 0) is 92.4 Å². The normalized spacial score (nSPS) is 14.2. The number of hydrogen-bond acceptors (Lipinski definition) is 10. The van der Waals surface area contributed by atoms with Crippen molar-refractivity contribution in [2.24, 2.45) is 5.92 Å². The predicted octanol–water partition coefficient (Wildman–Crippen LogP) is 7.40. The number of carbonyl (C=O) groups excluding carboxylic acids is 4. The third kappa shape index (κ3) is 8.74. The molecule has 1 unspecified atom stereocenters. The summed E-state index contributed by atoms with van der Waals surface area (Å²) in [5, 5.41) is 1.98. The zero-order valence-electron chi connectivity index (χ0n) is 30.4. The number of rotatable bonds is 13. The van der Waals surface area contributed by atoms with Gasteiger partial charge in [-0.3, -0.25) is 19.2 Å². The van der Waals surface area contributed by atoms with Gasteiger partial charge in [-0.1, -0.05) is 60.7 Å². The second kappa shape index (κ2) is 15.7. The molecule has 3 atom stereocenters. The lowest BCUT2D eigenvalue weighted by Crippen LogP contribution is -2.48. The van der Waals surface area contributed by atoms with Crippen molar-refractivity contribution < 1.29 is 42.5 Å². The maximum Gasteiger partial charge on any atom is 0.318 e. The minimum absolute atomic E-state index is 0.0335. The van der Waals surface area contributed by atoms with E-state index in [0.29, 0.717) is 29.4 Å². The summed E-state index contributed by atoms with van der Waals surface area (Å²) in [5.74, 6) is -4.31. The third-order valence-corrected chi connectivity index (χ3v) is 9.10.